The first kappa shape index (κ1) is 20.5. The van der Waals surface area contributed by atoms with Crippen LogP contribution in [0, 0.1) is 0 Å². The van der Waals surface area contributed by atoms with E-state index in [0.717, 1.165) is 46.6 Å². The molecule has 0 bridgehead atoms. The number of aliphatic imine (C=N–C) groups is 1. The summed E-state index contributed by atoms with van der Waals surface area (Å²) in [5.74, 6) is 3.13. The summed E-state index contributed by atoms with van der Waals surface area (Å²) in [5.41, 5.74) is 3.11. The summed E-state index contributed by atoms with van der Waals surface area (Å²) in [7, 11) is 0. The van der Waals surface area contributed by atoms with E-state index in [1.807, 2.05) is 67.6 Å². The lowest BCUT2D eigenvalue weighted by Gasteiger charge is -2.12. The summed E-state index contributed by atoms with van der Waals surface area (Å²) in [4.78, 5) is 8.94. The summed E-state index contributed by atoms with van der Waals surface area (Å²) < 4.78 is 16.6. The Morgan fingerprint density at radius 1 is 1.00 bits per heavy atom. The number of aromatic nitrogens is 1. The molecular weight excluding hydrogens is 392 g/mol. The molecule has 1 aliphatic rings. The molecule has 2 aromatic carbocycles. The average Bonchev–Trinajstić information content (AvgIpc) is 3.29. The van der Waals surface area contributed by atoms with Crippen molar-refractivity contribution >= 4 is 5.96 Å². The predicted molar refractivity (Wildman–Crippen MR) is 119 cm³/mol. The van der Waals surface area contributed by atoms with Gasteiger partial charge in [-0.25, -0.2) is 4.99 Å². The van der Waals surface area contributed by atoms with E-state index < -0.39 is 0 Å². The Hall–Kier alpha value is -3.74. The number of ether oxygens (including phenoxy) is 3. The highest BCUT2D eigenvalue weighted by Gasteiger charge is 2.13. The van der Waals surface area contributed by atoms with Crippen molar-refractivity contribution in [2.75, 3.05) is 13.3 Å². The number of fused-ring (bicyclic) bond motifs is 1. The van der Waals surface area contributed by atoms with Crippen LogP contribution in [-0.2, 0) is 19.7 Å². The first-order valence-corrected chi connectivity index (χ1v) is 10.3. The van der Waals surface area contributed by atoms with E-state index >= 15 is 0 Å². The smallest absolute Gasteiger partial charge is 0.231 e. The second-order valence-electron chi connectivity index (χ2n) is 6.99. The highest BCUT2D eigenvalue weighted by molar-refractivity contribution is 5.79. The van der Waals surface area contributed by atoms with Gasteiger partial charge < -0.3 is 24.8 Å². The number of nitrogens with zero attached hydrogens (tertiary/aromatic N) is 2. The van der Waals surface area contributed by atoms with Gasteiger partial charge in [0, 0.05) is 19.3 Å². The largest absolute Gasteiger partial charge is 0.487 e. The molecule has 31 heavy (non-hydrogen) atoms. The maximum Gasteiger partial charge on any atom is 0.231 e. The molecule has 160 valence electrons. The van der Waals surface area contributed by atoms with E-state index in [1.54, 1.807) is 6.20 Å². The minimum Gasteiger partial charge on any atom is -0.487 e. The molecule has 0 unspecified atom stereocenters. The molecule has 2 N–H and O–H groups in total. The van der Waals surface area contributed by atoms with Crippen LogP contribution in [0.15, 0.2) is 71.9 Å². The third-order valence-electron chi connectivity index (χ3n) is 4.70. The molecular formula is C24H26N4O3. The molecule has 1 aliphatic heterocycles. The number of nitrogens with one attached hydrogen (secondary N) is 2. The van der Waals surface area contributed by atoms with Gasteiger partial charge in [0.1, 0.15) is 12.4 Å². The standard InChI is InChI=1S/C24H26N4O3/c1-2-25-24(28-15-19-8-11-22-23(13-19)31-17-30-22)27-14-18-6-9-21(10-7-18)29-16-20-5-3-4-12-26-20/h3-13H,2,14-17H2,1H3,(H2,25,27,28). The number of pyridine rings is 1. The Kier molecular flexibility index (Phi) is 6.85. The maximum atomic E-state index is 5.79. The van der Waals surface area contributed by atoms with Crippen LogP contribution in [0.2, 0.25) is 0 Å². The molecule has 0 atom stereocenters. The Morgan fingerprint density at radius 3 is 2.65 bits per heavy atom. The normalized spacial score (nSPS) is 12.5. The fourth-order valence-corrected chi connectivity index (χ4v) is 3.08. The quantitative estimate of drug-likeness (QED) is 0.430. The zero-order chi connectivity index (χ0) is 21.3. The lowest BCUT2D eigenvalue weighted by Crippen LogP contribution is -2.36. The van der Waals surface area contributed by atoms with Crippen molar-refractivity contribution in [1.82, 2.24) is 15.6 Å². The van der Waals surface area contributed by atoms with Crippen LogP contribution in [-0.4, -0.2) is 24.3 Å². The molecule has 7 heteroatoms. The van der Waals surface area contributed by atoms with E-state index in [4.69, 9.17) is 14.2 Å². The first-order valence-electron chi connectivity index (χ1n) is 10.3. The fourth-order valence-electron chi connectivity index (χ4n) is 3.08. The SMILES string of the molecule is CCNC(=NCc1ccc2c(c1)OCO2)NCc1ccc(OCc2ccccn2)cc1. The highest BCUT2D eigenvalue weighted by Crippen LogP contribution is 2.32. The van der Waals surface area contributed by atoms with Crippen molar-refractivity contribution in [3.05, 3.63) is 83.7 Å². The number of benzene rings is 2. The lowest BCUT2D eigenvalue weighted by atomic mass is 10.2. The molecule has 0 fully saturated rings. The second kappa shape index (κ2) is 10.3. The van der Waals surface area contributed by atoms with Gasteiger partial charge in [0.05, 0.1) is 12.2 Å². The third-order valence-corrected chi connectivity index (χ3v) is 4.70. The topological polar surface area (TPSA) is 77.0 Å². The lowest BCUT2D eigenvalue weighted by molar-refractivity contribution is 0.174. The summed E-state index contributed by atoms with van der Waals surface area (Å²) in [6.45, 7) is 4.77. The Bertz CT molecular complexity index is 1010. The van der Waals surface area contributed by atoms with E-state index in [0.29, 0.717) is 19.7 Å². The minimum absolute atomic E-state index is 0.277. The second-order valence-corrected chi connectivity index (χ2v) is 6.99. The number of hydrogen-bond acceptors (Lipinski definition) is 5. The average molecular weight is 418 g/mol. The molecule has 4 rings (SSSR count). The van der Waals surface area contributed by atoms with E-state index in [2.05, 4.69) is 20.6 Å². The van der Waals surface area contributed by atoms with Crippen LogP contribution in [0.5, 0.6) is 17.2 Å². The van der Waals surface area contributed by atoms with Crippen molar-refractivity contribution in [1.29, 1.82) is 0 Å². The third kappa shape index (κ3) is 5.88. The number of rotatable bonds is 8. The molecule has 0 saturated heterocycles. The van der Waals surface area contributed by atoms with Gasteiger partial charge in [-0.1, -0.05) is 24.3 Å². The van der Waals surface area contributed by atoms with Crippen LogP contribution < -0.4 is 24.8 Å². The van der Waals surface area contributed by atoms with Crippen LogP contribution in [0.4, 0.5) is 0 Å². The van der Waals surface area contributed by atoms with E-state index in [1.165, 1.54) is 0 Å². The summed E-state index contributed by atoms with van der Waals surface area (Å²) in [6, 6.07) is 19.7. The molecule has 0 aliphatic carbocycles. The van der Waals surface area contributed by atoms with Gasteiger partial charge in [-0.2, -0.15) is 0 Å². The van der Waals surface area contributed by atoms with Gasteiger partial charge in [-0.15, -0.1) is 0 Å². The zero-order valence-corrected chi connectivity index (χ0v) is 17.5. The number of hydrogen-bond donors (Lipinski definition) is 2. The Labute approximate surface area is 182 Å². The molecule has 0 amide bonds. The summed E-state index contributed by atoms with van der Waals surface area (Å²) >= 11 is 0. The summed E-state index contributed by atoms with van der Waals surface area (Å²) in [6.07, 6.45) is 1.77. The van der Waals surface area contributed by atoms with Crippen LogP contribution in [0.3, 0.4) is 0 Å². The molecule has 2 heterocycles. The molecule has 0 saturated carbocycles. The molecule has 0 radical (unpaired) electrons. The van der Waals surface area contributed by atoms with Crippen LogP contribution in [0.1, 0.15) is 23.7 Å². The summed E-state index contributed by atoms with van der Waals surface area (Å²) in [5, 5.41) is 6.65. The molecule has 7 nitrogen and oxygen atoms in total. The highest BCUT2D eigenvalue weighted by atomic mass is 16.7. The molecule has 1 aromatic heterocycles. The predicted octanol–water partition coefficient (Wildman–Crippen LogP) is 3.64. The molecule has 0 spiro atoms. The van der Waals surface area contributed by atoms with E-state index in [-0.39, 0.29) is 6.79 Å². The fraction of sp³-hybridized carbons (Fsp3) is 0.250. The maximum absolute atomic E-state index is 5.79. The number of guanidine groups is 1. The minimum atomic E-state index is 0.277. The Morgan fingerprint density at radius 2 is 1.84 bits per heavy atom. The van der Waals surface area contributed by atoms with Crippen molar-refractivity contribution in [3.8, 4) is 17.2 Å². The van der Waals surface area contributed by atoms with E-state index in [9.17, 15) is 0 Å². The van der Waals surface area contributed by atoms with Gasteiger partial charge in [-0.05, 0) is 54.4 Å². The van der Waals surface area contributed by atoms with Crippen molar-refractivity contribution < 1.29 is 14.2 Å². The Balaban J connectivity index is 1.29. The van der Waals surface area contributed by atoms with Crippen molar-refractivity contribution in [3.63, 3.8) is 0 Å². The van der Waals surface area contributed by atoms with Gasteiger partial charge in [-0.3, -0.25) is 4.98 Å². The van der Waals surface area contributed by atoms with Gasteiger partial charge in [0.25, 0.3) is 0 Å². The van der Waals surface area contributed by atoms with Gasteiger partial charge >= 0.3 is 0 Å². The van der Waals surface area contributed by atoms with Gasteiger partial charge in [0.15, 0.2) is 17.5 Å². The first-order chi connectivity index (χ1) is 15.3. The van der Waals surface area contributed by atoms with Crippen LogP contribution in [0.25, 0.3) is 0 Å². The van der Waals surface area contributed by atoms with Crippen LogP contribution >= 0.6 is 0 Å². The zero-order valence-electron chi connectivity index (χ0n) is 17.5. The van der Waals surface area contributed by atoms with Crippen molar-refractivity contribution in [2.24, 2.45) is 4.99 Å². The molecule has 3 aromatic rings. The monoisotopic (exact) mass is 418 g/mol. The van der Waals surface area contributed by atoms with Gasteiger partial charge in [0.2, 0.25) is 6.79 Å². The van der Waals surface area contributed by atoms with Crippen molar-refractivity contribution in [2.45, 2.75) is 26.6 Å².